The summed E-state index contributed by atoms with van der Waals surface area (Å²) in [6.07, 6.45) is 2.64. The highest BCUT2D eigenvalue weighted by atomic mass is 35.5. The lowest BCUT2D eigenvalue weighted by Crippen LogP contribution is -2.28. The number of carbonyl (C=O) groups is 2. The summed E-state index contributed by atoms with van der Waals surface area (Å²) < 4.78 is 4.97. The van der Waals surface area contributed by atoms with Crippen LogP contribution in [0.1, 0.15) is 6.92 Å². The van der Waals surface area contributed by atoms with Crippen LogP contribution >= 0.6 is 11.6 Å². The molecule has 1 aliphatic carbocycles. The zero-order chi connectivity index (χ0) is 16.3. The highest BCUT2D eigenvalue weighted by molar-refractivity contribution is 6.33. The fourth-order valence-corrected chi connectivity index (χ4v) is 2.02. The van der Waals surface area contributed by atoms with Gasteiger partial charge in [-0.1, -0.05) is 11.6 Å². The molecule has 0 saturated carbocycles. The first-order chi connectivity index (χ1) is 10.4. The summed E-state index contributed by atoms with van der Waals surface area (Å²) >= 11 is 6.01. The van der Waals surface area contributed by atoms with E-state index in [2.05, 4.69) is 10.3 Å². The Balaban J connectivity index is 2.49. The minimum absolute atomic E-state index is 0.0125. The summed E-state index contributed by atoms with van der Waals surface area (Å²) in [6.45, 7) is 1.33. The molecule has 2 rings (SSSR count). The molecule has 1 aromatic carbocycles. The van der Waals surface area contributed by atoms with Crippen LogP contribution in [0, 0.1) is 0 Å². The van der Waals surface area contributed by atoms with Gasteiger partial charge < -0.3 is 15.2 Å². The molecule has 1 amide bonds. The summed E-state index contributed by atoms with van der Waals surface area (Å²) in [5, 5.41) is 12.1. The van der Waals surface area contributed by atoms with Gasteiger partial charge in [0, 0.05) is 25.1 Å². The van der Waals surface area contributed by atoms with E-state index in [0.29, 0.717) is 11.4 Å². The van der Waals surface area contributed by atoms with Gasteiger partial charge in [0.1, 0.15) is 5.75 Å². The molecule has 0 radical (unpaired) electrons. The number of amides is 1. The Morgan fingerprint density at radius 3 is 2.68 bits per heavy atom. The predicted molar refractivity (Wildman–Crippen MR) is 82.2 cm³/mol. The molecule has 0 bridgehead atoms. The van der Waals surface area contributed by atoms with Crippen LogP contribution in [-0.4, -0.2) is 29.6 Å². The second kappa shape index (κ2) is 6.44. The number of rotatable bonds is 3. The van der Waals surface area contributed by atoms with Crippen LogP contribution in [0.5, 0.6) is 5.75 Å². The molecular weight excluding hydrogens is 308 g/mol. The molecule has 0 aliphatic heterocycles. The number of carbonyl (C=O) groups excluding carboxylic acids is 2. The molecule has 0 unspecified atom stereocenters. The van der Waals surface area contributed by atoms with Crippen molar-refractivity contribution in [2.75, 3.05) is 7.11 Å². The van der Waals surface area contributed by atoms with Gasteiger partial charge in [0.2, 0.25) is 11.7 Å². The molecule has 0 saturated heterocycles. The normalized spacial score (nSPS) is 16.1. The number of aromatic hydroxyl groups is 1. The van der Waals surface area contributed by atoms with Crippen molar-refractivity contribution in [2.45, 2.75) is 6.92 Å². The monoisotopic (exact) mass is 320 g/mol. The summed E-state index contributed by atoms with van der Waals surface area (Å²) in [6, 6.07) is 4.30. The number of benzene rings is 1. The SMILES string of the molecule is COC1=CC(=Nc2ccc(O)cc2Cl)C(NC(C)=O)=CC1=O. The quantitative estimate of drug-likeness (QED) is 0.836. The van der Waals surface area contributed by atoms with E-state index in [4.69, 9.17) is 16.3 Å². The lowest BCUT2D eigenvalue weighted by atomic mass is 10.1. The van der Waals surface area contributed by atoms with Crippen molar-refractivity contribution in [3.63, 3.8) is 0 Å². The highest BCUT2D eigenvalue weighted by Gasteiger charge is 2.20. The molecule has 6 nitrogen and oxygen atoms in total. The Morgan fingerprint density at radius 1 is 1.36 bits per heavy atom. The number of phenolic OH excluding ortho intramolecular Hbond substituents is 1. The maximum atomic E-state index is 11.8. The van der Waals surface area contributed by atoms with Gasteiger partial charge in [-0.3, -0.25) is 9.59 Å². The van der Waals surface area contributed by atoms with E-state index < -0.39 is 0 Å². The maximum Gasteiger partial charge on any atom is 0.222 e. The van der Waals surface area contributed by atoms with Crippen LogP contribution in [0.2, 0.25) is 5.02 Å². The molecule has 0 atom stereocenters. The van der Waals surface area contributed by atoms with E-state index in [1.54, 1.807) is 0 Å². The van der Waals surface area contributed by atoms with E-state index >= 15 is 0 Å². The van der Waals surface area contributed by atoms with Gasteiger partial charge in [0.25, 0.3) is 0 Å². The lowest BCUT2D eigenvalue weighted by Gasteiger charge is -2.15. The van der Waals surface area contributed by atoms with E-state index in [-0.39, 0.29) is 33.9 Å². The largest absolute Gasteiger partial charge is 0.508 e. The van der Waals surface area contributed by atoms with Crippen molar-refractivity contribution >= 4 is 34.7 Å². The second-order valence-electron chi connectivity index (χ2n) is 4.45. The molecule has 7 heteroatoms. The van der Waals surface area contributed by atoms with Crippen molar-refractivity contribution in [3.8, 4) is 5.75 Å². The molecule has 1 aliphatic rings. The number of hydrogen-bond donors (Lipinski definition) is 2. The lowest BCUT2D eigenvalue weighted by molar-refractivity contribution is -0.118. The average molecular weight is 321 g/mol. The highest BCUT2D eigenvalue weighted by Crippen LogP contribution is 2.29. The minimum atomic E-state index is -0.373. The predicted octanol–water partition coefficient (Wildman–Crippen LogP) is 2.25. The number of allylic oxidation sites excluding steroid dienone is 2. The number of phenols is 1. The number of aliphatic imine (C=N–C) groups is 1. The average Bonchev–Trinajstić information content (AvgIpc) is 2.43. The second-order valence-corrected chi connectivity index (χ2v) is 4.86. The molecular formula is C15H13ClN2O4. The number of nitrogens with one attached hydrogen (secondary N) is 1. The Hall–Kier alpha value is -2.60. The third kappa shape index (κ3) is 3.53. The van der Waals surface area contributed by atoms with Crippen LogP contribution < -0.4 is 5.32 Å². The zero-order valence-electron chi connectivity index (χ0n) is 11.9. The summed E-state index contributed by atoms with van der Waals surface area (Å²) in [4.78, 5) is 27.3. The van der Waals surface area contributed by atoms with Gasteiger partial charge in [0.15, 0.2) is 5.76 Å². The fourth-order valence-electron chi connectivity index (χ4n) is 1.81. The Kier molecular flexibility index (Phi) is 4.62. The number of ether oxygens (including phenoxy) is 1. The summed E-state index contributed by atoms with van der Waals surface area (Å²) in [5.74, 6) is -0.596. The number of ketones is 1. The first kappa shape index (κ1) is 15.8. The van der Waals surface area contributed by atoms with Crippen molar-refractivity contribution in [3.05, 3.63) is 46.8 Å². The first-order valence-corrected chi connectivity index (χ1v) is 6.65. The third-order valence-electron chi connectivity index (χ3n) is 2.76. The zero-order valence-corrected chi connectivity index (χ0v) is 12.6. The standard InChI is InChI=1S/C15H13ClN2O4/c1-8(19)17-12-6-14(21)15(22-2)7-13(12)18-11-4-3-9(20)5-10(11)16/h3-7,20H,1-2H3,(H,17,19). The molecule has 22 heavy (non-hydrogen) atoms. The molecule has 0 aromatic heterocycles. The molecule has 0 fully saturated rings. The number of nitrogens with zero attached hydrogens (tertiary/aromatic N) is 1. The Bertz CT molecular complexity index is 735. The Morgan fingerprint density at radius 2 is 2.09 bits per heavy atom. The van der Waals surface area contributed by atoms with Gasteiger partial charge >= 0.3 is 0 Å². The topological polar surface area (TPSA) is 88.0 Å². The number of methoxy groups -OCH3 is 1. The van der Waals surface area contributed by atoms with Gasteiger partial charge in [-0.15, -0.1) is 0 Å². The summed E-state index contributed by atoms with van der Waals surface area (Å²) in [5.41, 5.74) is 0.952. The molecule has 0 heterocycles. The van der Waals surface area contributed by atoms with Crippen molar-refractivity contribution < 1.29 is 19.4 Å². The Labute approximate surface area is 131 Å². The smallest absolute Gasteiger partial charge is 0.222 e. The van der Waals surface area contributed by atoms with E-state index in [1.807, 2.05) is 0 Å². The van der Waals surface area contributed by atoms with E-state index in [9.17, 15) is 14.7 Å². The minimum Gasteiger partial charge on any atom is -0.508 e. The van der Waals surface area contributed by atoms with Crippen LogP contribution in [0.3, 0.4) is 0 Å². The first-order valence-electron chi connectivity index (χ1n) is 6.27. The van der Waals surface area contributed by atoms with E-state index in [0.717, 1.165) is 0 Å². The van der Waals surface area contributed by atoms with Crippen molar-refractivity contribution in [1.82, 2.24) is 5.32 Å². The molecule has 1 aromatic rings. The fraction of sp³-hybridized carbons (Fsp3) is 0.133. The molecule has 2 N–H and O–H groups in total. The van der Waals surface area contributed by atoms with Gasteiger partial charge in [-0.05, 0) is 12.1 Å². The van der Waals surface area contributed by atoms with Crippen LogP contribution in [0.4, 0.5) is 5.69 Å². The molecule has 114 valence electrons. The number of hydrogen-bond acceptors (Lipinski definition) is 5. The third-order valence-corrected chi connectivity index (χ3v) is 3.07. The van der Waals surface area contributed by atoms with Crippen LogP contribution in [-0.2, 0) is 14.3 Å². The van der Waals surface area contributed by atoms with E-state index in [1.165, 1.54) is 44.4 Å². The van der Waals surface area contributed by atoms with Crippen molar-refractivity contribution in [1.29, 1.82) is 0 Å². The van der Waals surface area contributed by atoms with Gasteiger partial charge in [0.05, 0.1) is 29.2 Å². The van der Waals surface area contributed by atoms with Crippen molar-refractivity contribution in [2.24, 2.45) is 4.99 Å². The maximum absolute atomic E-state index is 11.8. The van der Waals surface area contributed by atoms with Crippen LogP contribution in [0.15, 0.2) is 46.8 Å². The van der Waals surface area contributed by atoms with Crippen LogP contribution in [0.25, 0.3) is 0 Å². The summed E-state index contributed by atoms with van der Waals surface area (Å²) in [7, 11) is 1.37. The van der Waals surface area contributed by atoms with Gasteiger partial charge in [-0.2, -0.15) is 0 Å². The van der Waals surface area contributed by atoms with Gasteiger partial charge in [-0.25, -0.2) is 4.99 Å². The number of halogens is 1. The molecule has 0 spiro atoms.